The minimum absolute atomic E-state index is 0.433. The molecule has 0 aliphatic rings. The molecule has 1 aromatic rings. The first-order chi connectivity index (χ1) is 7.56. The van der Waals surface area contributed by atoms with Gasteiger partial charge in [-0.15, -0.1) is 0 Å². The molecule has 0 aromatic carbocycles. The SMILES string of the molecule is CCC(C)NCCn1ccn(C)c(=O)c1=O. The molecule has 0 saturated carbocycles. The lowest BCUT2D eigenvalue weighted by Crippen LogP contribution is -2.41. The van der Waals surface area contributed by atoms with Crippen molar-refractivity contribution in [3.8, 4) is 0 Å². The maximum absolute atomic E-state index is 11.5. The topological polar surface area (TPSA) is 56.0 Å². The Bertz CT molecular complexity index is 447. The zero-order valence-electron chi connectivity index (χ0n) is 10.1. The third-order valence-electron chi connectivity index (χ3n) is 2.69. The second-order valence-corrected chi connectivity index (χ2v) is 3.98. The zero-order valence-corrected chi connectivity index (χ0v) is 10.1. The van der Waals surface area contributed by atoms with Crippen molar-refractivity contribution in [3.05, 3.63) is 33.1 Å². The van der Waals surface area contributed by atoms with Gasteiger partial charge in [-0.25, -0.2) is 0 Å². The molecule has 90 valence electrons. The molecule has 0 aliphatic carbocycles. The minimum atomic E-state index is -0.481. The highest BCUT2D eigenvalue weighted by molar-refractivity contribution is 4.84. The molecule has 0 amide bonds. The number of aromatic nitrogens is 2. The van der Waals surface area contributed by atoms with Gasteiger partial charge in [0.05, 0.1) is 0 Å². The van der Waals surface area contributed by atoms with Crippen molar-refractivity contribution in [2.45, 2.75) is 32.9 Å². The summed E-state index contributed by atoms with van der Waals surface area (Å²) < 4.78 is 2.73. The fraction of sp³-hybridized carbons (Fsp3) is 0.636. The van der Waals surface area contributed by atoms with E-state index in [9.17, 15) is 9.59 Å². The molecule has 1 atom stereocenters. The number of aryl methyl sites for hydroxylation is 1. The molecule has 0 spiro atoms. The van der Waals surface area contributed by atoms with Crippen molar-refractivity contribution in [3.63, 3.8) is 0 Å². The summed E-state index contributed by atoms with van der Waals surface area (Å²) in [7, 11) is 1.57. The number of hydrogen-bond acceptors (Lipinski definition) is 3. The summed E-state index contributed by atoms with van der Waals surface area (Å²) in [6.45, 7) is 5.41. The van der Waals surface area contributed by atoms with Crippen LogP contribution in [0.2, 0.25) is 0 Å². The number of nitrogens with one attached hydrogen (secondary N) is 1. The van der Waals surface area contributed by atoms with Crippen LogP contribution in [0.1, 0.15) is 20.3 Å². The van der Waals surface area contributed by atoms with E-state index in [4.69, 9.17) is 0 Å². The molecule has 0 saturated heterocycles. The predicted molar refractivity (Wildman–Crippen MR) is 63.7 cm³/mol. The van der Waals surface area contributed by atoms with Gasteiger partial charge in [0.2, 0.25) is 0 Å². The summed E-state index contributed by atoms with van der Waals surface area (Å²) in [4.78, 5) is 22.9. The molecule has 1 heterocycles. The third-order valence-corrected chi connectivity index (χ3v) is 2.69. The van der Waals surface area contributed by atoms with Crippen LogP contribution in [0, 0.1) is 0 Å². The Kier molecular flexibility index (Phi) is 4.49. The van der Waals surface area contributed by atoms with Crippen molar-refractivity contribution in [1.29, 1.82) is 0 Å². The molecule has 1 N–H and O–H groups in total. The number of nitrogens with zero attached hydrogens (tertiary/aromatic N) is 2. The van der Waals surface area contributed by atoms with Gasteiger partial charge in [-0.05, 0) is 13.3 Å². The first-order valence-corrected chi connectivity index (χ1v) is 5.55. The van der Waals surface area contributed by atoms with E-state index in [0.29, 0.717) is 19.1 Å². The molecule has 0 fully saturated rings. The van der Waals surface area contributed by atoms with Gasteiger partial charge in [0.15, 0.2) is 0 Å². The van der Waals surface area contributed by atoms with Gasteiger partial charge in [-0.3, -0.25) is 9.59 Å². The van der Waals surface area contributed by atoms with Crippen LogP contribution in [-0.4, -0.2) is 21.7 Å². The minimum Gasteiger partial charge on any atom is -0.312 e. The molecule has 1 rings (SSSR count). The Morgan fingerprint density at radius 3 is 2.62 bits per heavy atom. The predicted octanol–water partition coefficient (Wildman–Crippen LogP) is -0.0649. The molecule has 5 heteroatoms. The second-order valence-electron chi connectivity index (χ2n) is 3.98. The van der Waals surface area contributed by atoms with Crippen molar-refractivity contribution in [1.82, 2.24) is 14.5 Å². The van der Waals surface area contributed by atoms with E-state index in [1.807, 2.05) is 0 Å². The van der Waals surface area contributed by atoms with Crippen molar-refractivity contribution < 1.29 is 0 Å². The van der Waals surface area contributed by atoms with Crippen LogP contribution in [0.15, 0.2) is 22.0 Å². The zero-order chi connectivity index (χ0) is 12.1. The van der Waals surface area contributed by atoms with Crippen molar-refractivity contribution in [2.24, 2.45) is 7.05 Å². The van der Waals surface area contributed by atoms with E-state index in [1.54, 1.807) is 19.4 Å². The summed E-state index contributed by atoms with van der Waals surface area (Å²) in [6.07, 6.45) is 4.29. The fourth-order valence-corrected chi connectivity index (χ4v) is 1.34. The lowest BCUT2D eigenvalue weighted by Gasteiger charge is -2.12. The van der Waals surface area contributed by atoms with Crippen molar-refractivity contribution in [2.75, 3.05) is 6.54 Å². The van der Waals surface area contributed by atoms with Crippen LogP contribution in [0.5, 0.6) is 0 Å². The lowest BCUT2D eigenvalue weighted by molar-refractivity contribution is 0.496. The Labute approximate surface area is 94.7 Å². The van der Waals surface area contributed by atoms with E-state index >= 15 is 0 Å². The standard InChI is InChI=1S/C11H19N3O2/c1-4-9(2)12-5-6-14-8-7-13(3)10(15)11(14)16/h7-9,12H,4-6H2,1-3H3. The highest BCUT2D eigenvalue weighted by Crippen LogP contribution is 1.87. The Morgan fingerprint density at radius 2 is 2.00 bits per heavy atom. The summed E-state index contributed by atoms with van der Waals surface area (Å²) in [5.41, 5.74) is -0.943. The summed E-state index contributed by atoms with van der Waals surface area (Å²) in [5.74, 6) is 0. The largest absolute Gasteiger partial charge is 0.316 e. The Hall–Kier alpha value is -1.36. The quantitative estimate of drug-likeness (QED) is 0.714. The van der Waals surface area contributed by atoms with Crippen LogP contribution in [0.4, 0.5) is 0 Å². The maximum Gasteiger partial charge on any atom is 0.316 e. The summed E-state index contributed by atoms with van der Waals surface area (Å²) >= 11 is 0. The van der Waals surface area contributed by atoms with Gasteiger partial charge in [0.1, 0.15) is 0 Å². The van der Waals surface area contributed by atoms with E-state index in [-0.39, 0.29) is 0 Å². The third kappa shape index (κ3) is 3.06. The molecule has 0 bridgehead atoms. The maximum atomic E-state index is 11.5. The van der Waals surface area contributed by atoms with Gasteiger partial charge in [0, 0.05) is 38.6 Å². The Balaban J connectivity index is 2.66. The molecule has 0 radical (unpaired) electrons. The van der Waals surface area contributed by atoms with E-state index in [1.165, 1.54) is 9.13 Å². The van der Waals surface area contributed by atoms with Crippen LogP contribution in [0.3, 0.4) is 0 Å². The molecule has 16 heavy (non-hydrogen) atoms. The molecular weight excluding hydrogens is 206 g/mol. The molecule has 5 nitrogen and oxygen atoms in total. The lowest BCUT2D eigenvalue weighted by atomic mass is 10.2. The van der Waals surface area contributed by atoms with Crippen LogP contribution < -0.4 is 16.4 Å². The van der Waals surface area contributed by atoms with E-state index in [2.05, 4.69) is 19.2 Å². The monoisotopic (exact) mass is 225 g/mol. The normalized spacial score (nSPS) is 12.7. The highest BCUT2D eigenvalue weighted by atomic mass is 16.2. The number of hydrogen-bond donors (Lipinski definition) is 1. The smallest absolute Gasteiger partial charge is 0.312 e. The van der Waals surface area contributed by atoms with Crippen molar-refractivity contribution >= 4 is 0 Å². The summed E-state index contributed by atoms with van der Waals surface area (Å²) in [5, 5.41) is 3.27. The van der Waals surface area contributed by atoms with Crippen LogP contribution in [-0.2, 0) is 13.6 Å². The van der Waals surface area contributed by atoms with E-state index in [0.717, 1.165) is 6.42 Å². The average molecular weight is 225 g/mol. The Morgan fingerprint density at radius 1 is 1.31 bits per heavy atom. The van der Waals surface area contributed by atoms with Crippen LogP contribution >= 0.6 is 0 Å². The number of rotatable bonds is 5. The van der Waals surface area contributed by atoms with Gasteiger partial charge in [0.25, 0.3) is 0 Å². The van der Waals surface area contributed by atoms with Gasteiger partial charge < -0.3 is 14.5 Å². The van der Waals surface area contributed by atoms with Gasteiger partial charge in [-0.1, -0.05) is 6.92 Å². The van der Waals surface area contributed by atoms with E-state index < -0.39 is 11.1 Å². The first kappa shape index (κ1) is 12.7. The highest BCUT2D eigenvalue weighted by Gasteiger charge is 2.02. The summed E-state index contributed by atoms with van der Waals surface area (Å²) in [6, 6.07) is 0.433. The molecule has 1 aromatic heterocycles. The van der Waals surface area contributed by atoms with Gasteiger partial charge in [-0.2, -0.15) is 0 Å². The van der Waals surface area contributed by atoms with Gasteiger partial charge >= 0.3 is 11.1 Å². The molecule has 0 aliphatic heterocycles. The second kappa shape index (κ2) is 5.65. The molecule has 1 unspecified atom stereocenters. The first-order valence-electron chi connectivity index (χ1n) is 5.55. The van der Waals surface area contributed by atoms with Crippen LogP contribution in [0.25, 0.3) is 0 Å². The molecular formula is C11H19N3O2. The average Bonchev–Trinajstić information content (AvgIpc) is 2.29. The fourth-order valence-electron chi connectivity index (χ4n) is 1.34.